The fraction of sp³-hybridized carbons (Fsp3) is 0.380. The topological polar surface area (TPSA) is 230 Å². The summed E-state index contributed by atoms with van der Waals surface area (Å²) in [6.45, 7) is 3.81. The van der Waals surface area contributed by atoms with Crippen molar-refractivity contribution in [1.29, 1.82) is 0 Å². The van der Waals surface area contributed by atoms with Crippen LogP contribution >= 0.6 is 11.6 Å². The Kier molecular flexibility index (Phi) is 15.6. The second-order valence-electron chi connectivity index (χ2n) is 17.3. The molecule has 2 aliphatic heterocycles. The zero-order valence-corrected chi connectivity index (χ0v) is 37.6. The quantitative estimate of drug-likeness (QED) is 0.0698. The van der Waals surface area contributed by atoms with Gasteiger partial charge in [-0.3, -0.25) is 33.6 Å². The number of nitrogens with one attached hydrogen (secondary N) is 1. The summed E-state index contributed by atoms with van der Waals surface area (Å²) in [5, 5.41) is 25.7. The predicted molar refractivity (Wildman–Crippen MR) is 245 cm³/mol. The molecule has 4 bridgehead atoms. The lowest BCUT2D eigenvalue weighted by molar-refractivity contribution is -0.150. The molecule has 0 aliphatic carbocycles. The molecule has 0 radical (unpaired) electrons. The summed E-state index contributed by atoms with van der Waals surface area (Å²) in [7, 11) is 1.47. The number of carbonyl (C=O) groups excluding carboxylic acids is 7. The largest absolute Gasteiger partial charge is 0.507 e. The van der Waals surface area contributed by atoms with Crippen molar-refractivity contribution in [1.82, 2.24) is 15.1 Å². The molecule has 342 valence electrons. The second-order valence-corrected chi connectivity index (χ2v) is 17.8. The smallest absolute Gasteiger partial charge is 0.240 e. The molecule has 6 atom stereocenters. The van der Waals surface area contributed by atoms with Crippen molar-refractivity contribution in [2.24, 2.45) is 29.2 Å². The molecule has 65 heavy (non-hydrogen) atoms. The van der Waals surface area contributed by atoms with Gasteiger partial charge in [0.2, 0.25) is 23.6 Å². The number of hydrogen-bond donors (Lipinski definition) is 5. The molecule has 7 N–H and O–H groups in total. The van der Waals surface area contributed by atoms with Crippen molar-refractivity contribution in [2.45, 2.75) is 83.3 Å². The van der Waals surface area contributed by atoms with E-state index >= 15 is 0 Å². The molecule has 6 rings (SSSR count). The van der Waals surface area contributed by atoms with Crippen molar-refractivity contribution >= 4 is 52.6 Å². The van der Waals surface area contributed by atoms with Crippen LogP contribution < -0.4 is 16.8 Å². The Bertz CT molecular complexity index is 2460. The van der Waals surface area contributed by atoms with Crippen molar-refractivity contribution in [2.75, 3.05) is 20.1 Å². The molecular formula is C50H56ClN5O9. The van der Waals surface area contributed by atoms with Gasteiger partial charge >= 0.3 is 0 Å². The normalized spacial score (nSPS) is 19.5. The number of rotatable bonds is 15. The van der Waals surface area contributed by atoms with Gasteiger partial charge in [0.05, 0.1) is 6.04 Å². The van der Waals surface area contributed by atoms with Crippen LogP contribution in [0.1, 0.15) is 86.3 Å². The van der Waals surface area contributed by atoms with Gasteiger partial charge in [-0.1, -0.05) is 80.4 Å². The molecular weight excluding hydrogens is 850 g/mol. The van der Waals surface area contributed by atoms with E-state index in [1.54, 1.807) is 43.3 Å². The molecule has 0 spiro atoms. The van der Waals surface area contributed by atoms with E-state index in [9.17, 15) is 43.8 Å². The SMILES string of the molecule is C[C@@H]1CC(=O)[C@@H](N(C)C(=O)[C@H](CCCCN)CC(=O)c2ccc(-c3ccc(Cl)cc3)cc2)c2ccc(O)c(c2)-c2cc(ccc2O)C[C@@H](C(=O)C[C@@H](C)C(=O)N2CC[C@H]2C(N)=O)NC1=O. The minimum absolute atomic E-state index is 0.0515. The van der Waals surface area contributed by atoms with Crippen molar-refractivity contribution in [3.05, 3.63) is 107 Å². The molecule has 1 saturated heterocycles. The Labute approximate surface area is 383 Å². The molecule has 0 aromatic heterocycles. The van der Waals surface area contributed by atoms with Crippen LogP contribution in [0.15, 0.2) is 84.9 Å². The Morgan fingerprint density at radius 3 is 2.11 bits per heavy atom. The van der Waals surface area contributed by atoms with Gasteiger partial charge in [0.1, 0.15) is 23.6 Å². The highest BCUT2D eigenvalue weighted by molar-refractivity contribution is 6.30. The molecule has 4 amide bonds. The number of likely N-dealkylation sites (N-methyl/N-ethyl adjacent to an activating group) is 1. The molecule has 4 aromatic rings. The number of primary amides is 1. The molecule has 2 heterocycles. The average Bonchev–Trinajstić information content (AvgIpc) is 3.26. The van der Waals surface area contributed by atoms with E-state index in [-0.39, 0.29) is 54.1 Å². The number of aromatic hydroxyl groups is 2. The number of benzene rings is 4. The Morgan fingerprint density at radius 1 is 0.862 bits per heavy atom. The van der Waals surface area contributed by atoms with E-state index in [2.05, 4.69) is 5.32 Å². The number of hydrogen-bond acceptors (Lipinski definition) is 10. The third kappa shape index (κ3) is 11.3. The molecule has 4 aromatic carbocycles. The highest BCUT2D eigenvalue weighted by atomic mass is 35.5. The number of phenols is 2. The van der Waals surface area contributed by atoms with Crippen LogP contribution in [-0.4, -0.2) is 93.2 Å². The van der Waals surface area contributed by atoms with E-state index in [1.165, 1.54) is 48.0 Å². The number of amides is 4. The first-order chi connectivity index (χ1) is 31.0. The molecule has 14 nitrogen and oxygen atoms in total. The van der Waals surface area contributed by atoms with Gasteiger partial charge in [-0.2, -0.15) is 0 Å². The van der Waals surface area contributed by atoms with Crippen LogP contribution in [0.3, 0.4) is 0 Å². The summed E-state index contributed by atoms with van der Waals surface area (Å²) < 4.78 is 0. The number of phenolic OH excluding ortho intramolecular Hbond substituents is 2. The first kappa shape index (κ1) is 48.1. The Balaban J connectivity index is 1.30. The van der Waals surface area contributed by atoms with Crippen LogP contribution in [0.4, 0.5) is 0 Å². The number of carbonyl (C=O) groups is 7. The molecule has 0 unspecified atom stereocenters. The first-order valence-corrected chi connectivity index (χ1v) is 22.3. The van der Waals surface area contributed by atoms with Gasteiger partial charge < -0.3 is 36.8 Å². The summed E-state index contributed by atoms with van der Waals surface area (Å²) in [5.41, 5.74) is 14.6. The average molecular weight is 906 g/mol. The number of likely N-dealkylation sites (tertiary alicyclic amines) is 1. The maximum absolute atomic E-state index is 14.7. The van der Waals surface area contributed by atoms with Crippen molar-refractivity contribution in [3.8, 4) is 33.8 Å². The summed E-state index contributed by atoms with van der Waals surface area (Å²) in [4.78, 5) is 98.7. The van der Waals surface area contributed by atoms with Crippen molar-refractivity contribution in [3.63, 3.8) is 0 Å². The Hall–Kier alpha value is -6.38. The highest BCUT2D eigenvalue weighted by Gasteiger charge is 2.40. The minimum Gasteiger partial charge on any atom is -0.507 e. The van der Waals surface area contributed by atoms with E-state index < -0.39 is 71.1 Å². The number of Topliss-reactive ketones (excluding diaryl/α,β-unsaturated/α-hetero) is 3. The number of nitrogens with two attached hydrogens (primary N) is 2. The van der Waals surface area contributed by atoms with Gasteiger partial charge in [-0.25, -0.2) is 0 Å². The van der Waals surface area contributed by atoms with Crippen LogP contribution in [0.25, 0.3) is 22.3 Å². The zero-order chi connectivity index (χ0) is 47.1. The predicted octanol–water partition coefficient (Wildman–Crippen LogP) is 5.92. The number of fused-ring (bicyclic) bond motifs is 5. The number of nitrogens with zero attached hydrogens (tertiary/aromatic N) is 2. The molecule has 15 heteroatoms. The highest BCUT2D eigenvalue weighted by Crippen LogP contribution is 2.40. The standard InChI is InChI=1S/C50H56ClN5O9/c1-28-22-45(61)46(55(3)50(65)35(6-4-5-20-52)27-43(59)33-10-8-31(9-11-33)32-12-15-36(51)16-13-32)34-14-18-42(58)38(26-34)37-24-30(7-17-41(37)57)25-39(54-48(28)63)44(60)23-29(2)49(64)56-21-19-40(56)47(53)62/h7-18,24,26,28-29,35,39-40,46,57-58H,4-6,19-23,25,27,52H2,1-3H3,(H2,53,62)(H,54,63)/t28-,29-,35-,39+,40+,46+/m1/s1. The van der Waals surface area contributed by atoms with Crippen molar-refractivity contribution < 1.29 is 43.8 Å². The lowest BCUT2D eigenvalue weighted by Gasteiger charge is -2.40. The van der Waals surface area contributed by atoms with Gasteiger partial charge in [0, 0.05) is 72.3 Å². The van der Waals surface area contributed by atoms with Gasteiger partial charge in [-0.15, -0.1) is 0 Å². The fourth-order valence-corrected chi connectivity index (χ4v) is 8.78. The minimum atomic E-state index is -1.30. The monoisotopic (exact) mass is 905 g/mol. The number of halogens is 1. The number of ketones is 3. The second kappa shape index (κ2) is 21.1. The summed E-state index contributed by atoms with van der Waals surface area (Å²) >= 11 is 6.06. The van der Waals surface area contributed by atoms with E-state index in [0.29, 0.717) is 60.5 Å². The van der Waals surface area contributed by atoms with E-state index in [4.69, 9.17) is 23.1 Å². The Morgan fingerprint density at radius 2 is 1.49 bits per heavy atom. The van der Waals surface area contributed by atoms with Gasteiger partial charge in [-0.05, 0) is 90.9 Å². The lowest BCUT2D eigenvalue weighted by atomic mass is 9.87. The van der Waals surface area contributed by atoms with E-state index in [1.807, 2.05) is 24.3 Å². The lowest BCUT2D eigenvalue weighted by Crippen LogP contribution is -2.58. The summed E-state index contributed by atoms with van der Waals surface area (Å²) in [5.74, 6) is -6.56. The van der Waals surface area contributed by atoms with Crippen LogP contribution in [-0.2, 0) is 35.2 Å². The molecule has 0 saturated carbocycles. The van der Waals surface area contributed by atoms with Crippen LogP contribution in [0.2, 0.25) is 5.02 Å². The van der Waals surface area contributed by atoms with Gasteiger partial charge in [0.25, 0.3) is 0 Å². The third-order valence-electron chi connectivity index (χ3n) is 12.6. The third-order valence-corrected chi connectivity index (χ3v) is 12.8. The fourth-order valence-electron chi connectivity index (χ4n) is 8.65. The molecule has 2 aliphatic rings. The number of unbranched alkanes of at least 4 members (excludes halogenated alkanes) is 1. The maximum Gasteiger partial charge on any atom is 0.240 e. The summed E-state index contributed by atoms with van der Waals surface area (Å²) in [6.07, 6.45) is 1.03. The first-order valence-electron chi connectivity index (χ1n) is 21.9. The van der Waals surface area contributed by atoms with Crippen LogP contribution in [0.5, 0.6) is 11.5 Å². The zero-order valence-electron chi connectivity index (χ0n) is 36.8. The maximum atomic E-state index is 14.7. The van der Waals surface area contributed by atoms with E-state index in [0.717, 1.165) is 11.1 Å². The van der Waals surface area contributed by atoms with Gasteiger partial charge in [0.15, 0.2) is 17.3 Å². The van der Waals surface area contributed by atoms with Crippen LogP contribution in [0, 0.1) is 17.8 Å². The molecule has 1 fully saturated rings. The summed E-state index contributed by atoms with van der Waals surface area (Å²) in [6, 6.07) is 20.1.